The van der Waals surface area contributed by atoms with Gasteiger partial charge in [-0.25, -0.2) is 0 Å². The summed E-state index contributed by atoms with van der Waals surface area (Å²) < 4.78 is 0. The van der Waals surface area contributed by atoms with Crippen LogP contribution in [0, 0.1) is 0 Å². The summed E-state index contributed by atoms with van der Waals surface area (Å²) in [4.78, 5) is 18.9. The largest absolute Gasteiger partial charge is 0.348 e. The minimum atomic E-state index is -0.0752. The Morgan fingerprint density at radius 2 is 2.00 bits per heavy atom. The molecule has 1 aromatic carbocycles. The summed E-state index contributed by atoms with van der Waals surface area (Å²) in [6, 6.07) is 11.6. The Hall–Kier alpha value is -1.40. The van der Waals surface area contributed by atoms with Crippen LogP contribution in [0.25, 0.3) is 0 Å². The van der Waals surface area contributed by atoms with Crippen LogP contribution in [0.15, 0.2) is 41.8 Å². The number of nitrogens with one attached hydrogen (secondary N) is 1. The van der Waals surface area contributed by atoms with E-state index >= 15 is 0 Å². The molecule has 1 N–H and O–H groups in total. The van der Waals surface area contributed by atoms with Crippen LogP contribution in [0.1, 0.15) is 35.1 Å². The molecule has 1 aromatic heterocycles. The zero-order chi connectivity index (χ0) is 18.5. The molecular formula is C20H26ClN3OS. The molecule has 26 heavy (non-hydrogen) atoms. The number of halogens is 1. The van der Waals surface area contributed by atoms with Crippen molar-refractivity contribution in [2.75, 3.05) is 32.7 Å². The van der Waals surface area contributed by atoms with Crippen LogP contribution >= 0.6 is 22.9 Å². The third-order valence-corrected chi connectivity index (χ3v) is 6.18. The van der Waals surface area contributed by atoms with Crippen LogP contribution in [-0.2, 0) is 0 Å². The number of benzene rings is 1. The first-order valence-electron chi connectivity index (χ1n) is 9.14. The van der Waals surface area contributed by atoms with Gasteiger partial charge in [-0.05, 0) is 43.1 Å². The molecule has 0 saturated carbocycles. The SMILES string of the molecule is CCN1CCN([C@H](c2cccs2)[C@H](C)NC(=O)c2cccc(Cl)c2)CC1. The van der Waals surface area contributed by atoms with E-state index in [9.17, 15) is 4.79 Å². The summed E-state index contributed by atoms with van der Waals surface area (Å²) in [7, 11) is 0. The average molecular weight is 392 g/mol. The van der Waals surface area contributed by atoms with E-state index in [1.807, 2.05) is 6.07 Å². The number of amides is 1. The standard InChI is InChI=1S/C20H26ClN3OS/c1-3-23-9-11-24(12-10-23)19(18-8-5-13-26-18)15(2)22-20(25)16-6-4-7-17(21)14-16/h4-8,13-15,19H,3,9-12H2,1-2H3,(H,22,25)/t15-,19-/m0/s1. The van der Waals surface area contributed by atoms with Crippen molar-refractivity contribution in [1.82, 2.24) is 15.1 Å². The van der Waals surface area contributed by atoms with Crippen molar-refractivity contribution >= 4 is 28.8 Å². The van der Waals surface area contributed by atoms with Crippen LogP contribution in [0.2, 0.25) is 5.02 Å². The molecule has 3 rings (SSSR count). The van der Waals surface area contributed by atoms with Gasteiger partial charge in [-0.2, -0.15) is 0 Å². The fourth-order valence-corrected chi connectivity index (χ4v) is 4.71. The van der Waals surface area contributed by atoms with Gasteiger partial charge in [0.2, 0.25) is 0 Å². The van der Waals surface area contributed by atoms with Crippen molar-refractivity contribution in [3.63, 3.8) is 0 Å². The summed E-state index contributed by atoms with van der Waals surface area (Å²) in [6.45, 7) is 9.60. The number of hydrogen-bond donors (Lipinski definition) is 1. The minimum Gasteiger partial charge on any atom is -0.348 e. The van der Waals surface area contributed by atoms with Gasteiger partial charge in [-0.3, -0.25) is 9.69 Å². The number of hydrogen-bond acceptors (Lipinski definition) is 4. The Morgan fingerprint density at radius 3 is 2.62 bits per heavy atom. The van der Waals surface area contributed by atoms with Gasteiger partial charge in [0.05, 0.1) is 6.04 Å². The van der Waals surface area contributed by atoms with Crippen LogP contribution in [-0.4, -0.2) is 54.5 Å². The van der Waals surface area contributed by atoms with E-state index in [0.29, 0.717) is 10.6 Å². The number of piperazine rings is 1. The number of nitrogens with zero attached hydrogens (tertiary/aromatic N) is 2. The van der Waals surface area contributed by atoms with Gasteiger partial charge in [0, 0.05) is 47.7 Å². The maximum atomic E-state index is 12.7. The third kappa shape index (κ3) is 4.65. The van der Waals surface area contributed by atoms with Gasteiger partial charge in [0.1, 0.15) is 0 Å². The van der Waals surface area contributed by atoms with Crippen molar-refractivity contribution in [2.45, 2.75) is 25.9 Å². The molecule has 0 spiro atoms. The van der Waals surface area contributed by atoms with Crippen molar-refractivity contribution in [3.8, 4) is 0 Å². The zero-order valence-corrected chi connectivity index (χ0v) is 16.9. The lowest BCUT2D eigenvalue weighted by Crippen LogP contribution is -2.52. The van der Waals surface area contributed by atoms with E-state index in [1.165, 1.54) is 4.88 Å². The normalized spacial score (nSPS) is 18.4. The predicted octanol–water partition coefficient (Wildman–Crippen LogP) is 3.90. The number of likely N-dealkylation sites (N-methyl/N-ethyl adjacent to an activating group) is 1. The van der Waals surface area contributed by atoms with Crippen LogP contribution < -0.4 is 5.32 Å². The first kappa shape index (κ1) is 19.4. The molecule has 0 bridgehead atoms. The average Bonchev–Trinajstić information content (AvgIpc) is 3.16. The topological polar surface area (TPSA) is 35.6 Å². The fourth-order valence-electron chi connectivity index (χ4n) is 3.56. The van der Waals surface area contributed by atoms with Crippen LogP contribution in [0.4, 0.5) is 0 Å². The molecule has 1 fully saturated rings. The lowest BCUT2D eigenvalue weighted by molar-refractivity contribution is 0.0753. The first-order valence-corrected chi connectivity index (χ1v) is 10.4. The summed E-state index contributed by atoms with van der Waals surface area (Å²) in [5.41, 5.74) is 0.602. The van der Waals surface area contributed by atoms with E-state index in [4.69, 9.17) is 11.6 Å². The molecule has 1 amide bonds. The van der Waals surface area contributed by atoms with Gasteiger partial charge in [0.15, 0.2) is 0 Å². The molecule has 4 nitrogen and oxygen atoms in total. The molecule has 1 aliphatic rings. The zero-order valence-electron chi connectivity index (χ0n) is 15.3. The van der Waals surface area contributed by atoms with Gasteiger partial charge < -0.3 is 10.2 Å². The molecule has 2 heterocycles. The quantitative estimate of drug-likeness (QED) is 0.811. The Bertz CT molecular complexity index is 714. The Labute approximate surface area is 164 Å². The van der Waals surface area contributed by atoms with Crippen LogP contribution in [0.5, 0.6) is 0 Å². The molecule has 6 heteroatoms. The lowest BCUT2D eigenvalue weighted by atomic mass is 10.0. The molecule has 140 valence electrons. The Morgan fingerprint density at radius 1 is 1.23 bits per heavy atom. The maximum Gasteiger partial charge on any atom is 0.251 e. The highest BCUT2D eigenvalue weighted by molar-refractivity contribution is 7.10. The molecule has 0 radical (unpaired) electrons. The summed E-state index contributed by atoms with van der Waals surface area (Å²) in [5, 5.41) is 5.87. The summed E-state index contributed by atoms with van der Waals surface area (Å²) in [6.07, 6.45) is 0. The van der Waals surface area contributed by atoms with E-state index < -0.39 is 0 Å². The van der Waals surface area contributed by atoms with E-state index in [0.717, 1.165) is 32.7 Å². The smallest absolute Gasteiger partial charge is 0.251 e. The Balaban J connectivity index is 1.73. The predicted molar refractivity (Wildman–Crippen MR) is 109 cm³/mol. The van der Waals surface area contributed by atoms with Crippen LogP contribution in [0.3, 0.4) is 0 Å². The summed E-state index contributed by atoms with van der Waals surface area (Å²) in [5.74, 6) is -0.0752. The van der Waals surface area contributed by atoms with Gasteiger partial charge >= 0.3 is 0 Å². The number of rotatable bonds is 6. The van der Waals surface area contributed by atoms with Gasteiger partial charge in [-0.15, -0.1) is 11.3 Å². The van der Waals surface area contributed by atoms with Gasteiger partial charge in [-0.1, -0.05) is 30.7 Å². The number of carbonyl (C=O) groups is 1. The monoisotopic (exact) mass is 391 g/mol. The van der Waals surface area contributed by atoms with Crippen molar-refractivity contribution < 1.29 is 4.79 Å². The van der Waals surface area contributed by atoms with E-state index in [-0.39, 0.29) is 18.0 Å². The van der Waals surface area contributed by atoms with Crippen molar-refractivity contribution in [2.24, 2.45) is 0 Å². The Kier molecular flexibility index (Phi) is 6.70. The lowest BCUT2D eigenvalue weighted by Gasteiger charge is -2.41. The highest BCUT2D eigenvalue weighted by Gasteiger charge is 2.30. The maximum absolute atomic E-state index is 12.7. The fraction of sp³-hybridized carbons (Fsp3) is 0.450. The molecule has 2 atom stereocenters. The highest BCUT2D eigenvalue weighted by atomic mass is 35.5. The molecule has 1 aliphatic heterocycles. The highest BCUT2D eigenvalue weighted by Crippen LogP contribution is 2.29. The first-order chi connectivity index (χ1) is 12.6. The summed E-state index contributed by atoms with van der Waals surface area (Å²) >= 11 is 7.78. The molecule has 0 unspecified atom stereocenters. The molecule has 2 aromatic rings. The molecular weight excluding hydrogens is 366 g/mol. The second-order valence-corrected chi connectivity index (χ2v) is 8.12. The molecule has 1 saturated heterocycles. The molecule has 0 aliphatic carbocycles. The third-order valence-electron chi connectivity index (χ3n) is 5.00. The second kappa shape index (κ2) is 9.00. The number of thiophene rings is 1. The van der Waals surface area contributed by atoms with Gasteiger partial charge in [0.25, 0.3) is 5.91 Å². The van der Waals surface area contributed by atoms with Crippen molar-refractivity contribution in [1.29, 1.82) is 0 Å². The van der Waals surface area contributed by atoms with E-state index in [1.54, 1.807) is 29.5 Å². The van der Waals surface area contributed by atoms with Crippen molar-refractivity contribution in [3.05, 3.63) is 57.2 Å². The minimum absolute atomic E-state index is 0.00769. The number of carbonyl (C=O) groups excluding carboxylic acids is 1. The second-order valence-electron chi connectivity index (χ2n) is 6.70. The van der Waals surface area contributed by atoms with E-state index in [2.05, 4.69) is 46.5 Å².